The largest absolute Gasteiger partial charge is 0.338 e. The maximum absolute atomic E-state index is 13.8. The van der Waals surface area contributed by atoms with Crippen molar-refractivity contribution in [1.29, 1.82) is 0 Å². The highest BCUT2D eigenvalue weighted by molar-refractivity contribution is 5.92. The fourth-order valence-corrected chi connectivity index (χ4v) is 3.65. The van der Waals surface area contributed by atoms with Gasteiger partial charge < -0.3 is 9.84 Å². The number of rotatable bonds is 5. The third kappa shape index (κ3) is 4.71. The quantitative estimate of drug-likeness (QED) is 0.681. The highest BCUT2D eigenvalue weighted by Gasteiger charge is 2.27. The topological polar surface area (TPSA) is 71.3 Å². The van der Waals surface area contributed by atoms with Crippen LogP contribution in [-0.4, -0.2) is 34.0 Å². The molecule has 1 amide bonds. The van der Waals surface area contributed by atoms with Crippen molar-refractivity contribution in [1.82, 2.24) is 15.0 Å². The van der Waals surface area contributed by atoms with E-state index in [4.69, 9.17) is 4.52 Å². The first kappa shape index (κ1) is 20.2. The fraction of sp³-hybridized carbons (Fsp3) is 0.318. The van der Waals surface area contributed by atoms with Crippen LogP contribution < -0.4 is 5.32 Å². The van der Waals surface area contributed by atoms with Gasteiger partial charge in [-0.25, -0.2) is 8.78 Å². The number of likely N-dealkylation sites (tertiary alicyclic amines) is 1. The number of aryl methyl sites for hydroxylation is 1. The van der Waals surface area contributed by atoms with E-state index in [1.165, 1.54) is 6.07 Å². The molecule has 4 rings (SSSR count). The van der Waals surface area contributed by atoms with Gasteiger partial charge in [0, 0.05) is 18.2 Å². The Morgan fingerprint density at radius 3 is 2.93 bits per heavy atom. The van der Waals surface area contributed by atoms with E-state index in [9.17, 15) is 13.6 Å². The highest BCUT2D eigenvalue weighted by atomic mass is 19.1. The predicted molar refractivity (Wildman–Crippen MR) is 107 cm³/mol. The normalized spacial score (nSPS) is 17.1. The fourth-order valence-electron chi connectivity index (χ4n) is 3.65. The number of carbonyl (C=O) groups is 1. The molecule has 156 valence electrons. The van der Waals surface area contributed by atoms with Crippen LogP contribution in [0.4, 0.5) is 14.5 Å². The zero-order chi connectivity index (χ0) is 21.1. The Morgan fingerprint density at radius 1 is 1.27 bits per heavy atom. The number of hydrogen-bond donors (Lipinski definition) is 1. The molecule has 1 aliphatic rings. The predicted octanol–water partition coefficient (Wildman–Crippen LogP) is 4.17. The highest BCUT2D eigenvalue weighted by Crippen LogP contribution is 2.23. The second kappa shape index (κ2) is 8.71. The molecule has 1 aliphatic heterocycles. The SMILES string of the molecule is Cc1cccc(-c2noc(CN3CCCC(C(=O)Nc4ccc(F)cc4F)C3)n2)c1. The molecule has 1 unspecified atom stereocenters. The molecule has 0 aliphatic carbocycles. The first-order valence-corrected chi connectivity index (χ1v) is 9.86. The lowest BCUT2D eigenvalue weighted by Gasteiger charge is -2.30. The molecule has 2 heterocycles. The molecule has 1 atom stereocenters. The molecular formula is C22H22F2N4O2. The number of nitrogens with zero attached hydrogens (tertiary/aromatic N) is 3. The monoisotopic (exact) mass is 412 g/mol. The van der Waals surface area contributed by atoms with Crippen molar-refractivity contribution >= 4 is 11.6 Å². The van der Waals surface area contributed by atoms with Crippen LogP contribution in [0.5, 0.6) is 0 Å². The number of nitrogens with one attached hydrogen (secondary N) is 1. The van der Waals surface area contributed by atoms with Crippen LogP contribution in [0.3, 0.4) is 0 Å². The van der Waals surface area contributed by atoms with Gasteiger partial charge in [0.2, 0.25) is 17.6 Å². The molecule has 8 heteroatoms. The molecule has 3 aromatic rings. The molecule has 1 saturated heterocycles. The van der Waals surface area contributed by atoms with Crippen molar-refractivity contribution in [2.75, 3.05) is 18.4 Å². The maximum atomic E-state index is 13.8. The van der Waals surface area contributed by atoms with E-state index in [2.05, 4.69) is 20.4 Å². The van der Waals surface area contributed by atoms with E-state index in [1.807, 2.05) is 31.2 Å². The number of anilines is 1. The van der Waals surface area contributed by atoms with Gasteiger partial charge in [-0.2, -0.15) is 4.98 Å². The minimum atomic E-state index is -0.787. The summed E-state index contributed by atoms with van der Waals surface area (Å²) < 4.78 is 32.3. The summed E-state index contributed by atoms with van der Waals surface area (Å²) in [5, 5.41) is 6.62. The minimum absolute atomic E-state index is 0.0155. The lowest BCUT2D eigenvalue weighted by Crippen LogP contribution is -2.40. The van der Waals surface area contributed by atoms with Gasteiger partial charge >= 0.3 is 0 Å². The smallest absolute Gasteiger partial charge is 0.241 e. The van der Waals surface area contributed by atoms with Gasteiger partial charge in [0.15, 0.2) is 0 Å². The Balaban J connectivity index is 1.38. The van der Waals surface area contributed by atoms with Crippen LogP contribution in [0, 0.1) is 24.5 Å². The lowest BCUT2D eigenvalue weighted by atomic mass is 9.97. The second-order valence-corrected chi connectivity index (χ2v) is 7.57. The Labute approximate surface area is 172 Å². The Bertz CT molecular complexity index is 1050. The molecular weight excluding hydrogens is 390 g/mol. The van der Waals surface area contributed by atoms with Crippen molar-refractivity contribution in [2.45, 2.75) is 26.3 Å². The van der Waals surface area contributed by atoms with E-state index in [0.717, 1.165) is 36.2 Å². The third-order valence-corrected chi connectivity index (χ3v) is 5.17. The zero-order valence-corrected chi connectivity index (χ0v) is 16.6. The van der Waals surface area contributed by atoms with Gasteiger partial charge in [0.05, 0.1) is 18.2 Å². The second-order valence-electron chi connectivity index (χ2n) is 7.57. The van der Waals surface area contributed by atoms with Crippen LogP contribution in [0.1, 0.15) is 24.3 Å². The molecule has 0 spiro atoms. The molecule has 30 heavy (non-hydrogen) atoms. The molecule has 0 saturated carbocycles. The number of piperidine rings is 1. The molecule has 0 radical (unpaired) electrons. The summed E-state index contributed by atoms with van der Waals surface area (Å²) in [4.78, 5) is 19.1. The van der Waals surface area contributed by atoms with E-state index < -0.39 is 11.6 Å². The summed E-state index contributed by atoms with van der Waals surface area (Å²) >= 11 is 0. The summed E-state index contributed by atoms with van der Waals surface area (Å²) in [5.74, 6) is -1.04. The first-order chi connectivity index (χ1) is 14.5. The van der Waals surface area contributed by atoms with Crippen LogP contribution >= 0.6 is 0 Å². The van der Waals surface area contributed by atoms with Crippen LogP contribution in [0.15, 0.2) is 47.0 Å². The van der Waals surface area contributed by atoms with Gasteiger partial charge in [-0.3, -0.25) is 9.69 Å². The summed E-state index contributed by atoms with van der Waals surface area (Å²) in [6.07, 6.45) is 1.52. The molecule has 2 aromatic carbocycles. The van der Waals surface area contributed by atoms with Crippen molar-refractivity contribution in [2.24, 2.45) is 5.92 Å². The Morgan fingerprint density at radius 2 is 2.13 bits per heavy atom. The van der Waals surface area contributed by atoms with Gasteiger partial charge in [0.25, 0.3) is 0 Å². The number of aromatic nitrogens is 2. The Hall–Kier alpha value is -3.13. The lowest BCUT2D eigenvalue weighted by molar-refractivity contribution is -0.121. The van der Waals surface area contributed by atoms with E-state index in [0.29, 0.717) is 31.2 Å². The van der Waals surface area contributed by atoms with Crippen LogP contribution in [-0.2, 0) is 11.3 Å². The van der Waals surface area contributed by atoms with Crippen LogP contribution in [0.25, 0.3) is 11.4 Å². The number of benzene rings is 2. The van der Waals surface area contributed by atoms with Crippen molar-refractivity contribution in [3.63, 3.8) is 0 Å². The summed E-state index contributed by atoms with van der Waals surface area (Å²) in [5.41, 5.74) is 1.99. The number of halogens is 2. The standard InChI is InChI=1S/C22H22F2N4O2/c1-14-4-2-5-15(10-14)21-26-20(30-27-21)13-28-9-3-6-16(12-28)22(29)25-19-8-7-17(23)11-18(19)24/h2,4-5,7-8,10-11,16H,3,6,9,12-13H2,1H3,(H,25,29). The Kier molecular flexibility index (Phi) is 5.85. The summed E-state index contributed by atoms with van der Waals surface area (Å²) in [6.45, 7) is 3.74. The average molecular weight is 412 g/mol. The van der Waals surface area contributed by atoms with Gasteiger partial charge in [-0.05, 0) is 44.5 Å². The number of amides is 1. The molecule has 1 fully saturated rings. The van der Waals surface area contributed by atoms with Crippen LogP contribution in [0.2, 0.25) is 0 Å². The summed E-state index contributed by atoms with van der Waals surface area (Å²) in [6, 6.07) is 11.0. The van der Waals surface area contributed by atoms with Crippen molar-refractivity contribution < 1.29 is 18.1 Å². The minimum Gasteiger partial charge on any atom is -0.338 e. The molecule has 1 aromatic heterocycles. The number of carbonyl (C=O) groups excluding carboxylic acids is 1. The van der Waals surface area contributed by atoms with Gasteiger partial charge in [-0.15, -0.1) is 0 Å². The zero-order valence-electron chi connectivity index (χ0n) is 16.6. The maximum Gasteiger partial charge on any atom is 0.241 e. The van der Waals surface area contributed by atoms with Gasteiger partial charge in [0.1, 0.15) is 11.6 Å². The first-order valence-electron chi connectivity index (χ1n) is 9.86. The molecule has 6 nitrogen and oxygen atoms in total. The van der Waals surface area contributed by atoms with Crippen molar-refractivity contribution in [3.05, 3.63) is 65.6 Å². The third-order valence-electron chi connectivity index (χ3n) is 5.17. The average Bonchev–Trinajstić information content (AvgIpc) is 3.19. The molecule has 1 N–H and O–H groups in total. The van der Waals surface area contributed by atoms with E-state index in [-0.39, 0.29) is 17.5 Å². The summed E-state index contributed by atoms with van der Waals surface area (Å²) in [7, 11) is 0. The van der Waals surface area contributed by atoms with Crippen molar-refractivity contribution in [3.8, 4) is 11.4 Å². The van der Waals surface area contributed by atoms with E-state index >= 15 is 0 Å². The molecule has 0 bridgehead atoms. The number of hydrogen-bond acceptors (Lipinski definition) is 5. The van der Waals surface area contributed by atoms with Gasteiger partial charge in [-0.1, -0.05) is 28.9 Å². The van der Waals surface area contributed by atoms with E-state index in [1.54, 1.807) is 0 Å².